The average molecular weight is 478 g/mol. The molecule has 0 unspecified atom stereocenters. The molecule has 0 amide bonds. The first-order chi connectivity index (χ1) is 17.0. The predicted molar refractivity (Wildman–Crippen MR) is 135 cm³/mol. The molecular formula is C27H31N3O5. The van der Waals surface area contributed by atoms with Crippen molar-refractivity contribution in [3.05, 3.63) is 64.2 Å². The normalized spacial score (nSPS) is 15.3. The predicted octanol–water partition coefficient (Wildman–Crippen LogP) is 4.67. The Balaban J connectivity index is 1.77. The number of rotatable bonds is 8. The highest BCUT2D eigenvalue weighted by Crippen LogP contribution is 2.33. The molecule has 4 rings (SSSR count). The van der Waals surface area contributed by atoms with Gasteiger partial charge in [0, 0.05) is 11.5 Å². The Labute approximate surface area is 204 Å². The van der Waals surface area contributed by atoms with Gasteiger partial charge in [-0.1, -0.05) is 37.5 Å². The second kappa shape index (κ2) is 11.2. The zero-order valence-corrected chi connectivity index (χ0v) is 20.4. The average Bonchev–Trinajstić information content (AvgIpc) is 2.89. The van der Waals surface area contributed by atoms with Gasteiger partial charge in [-0.05, 0) is 51.0 Å². The molecule has 8 nitrogen and oxygen atoms in total. The molecular weight excluding hydrogens is 446 g/mol. The van der Waals surface area contributed by atoms with Crippen molar-refractivity contribution in [3.63, 3.8) is 0 Å². The van der Waals surface area contributed by atoms with Gasteiger partial charge in [-0.25, -0.2) is 9.78 Å². The van der Waals surface area contributed by atoms with E-state index in [1.165, 1.54) is 18.2 Å². The van der Waals surface area contributed by atoms with Crippen LogP contribution in [0.5, 0.6) is 11.5 Å². The lowest BCUT2D eigenvalue weighted by Gasteiger charge is -2.23. The molecule has 3 aromatic rings. The maximum Gasteiger partial charge on any atom is 0.347 e. The minimum atomic E-state index is -0.846. The van der Waals surface area contributed by atoms with E-state index in [2.05, 4.69) is 5.10 Å². The number of esters is 1. The first kappa shape index (κ1) is 24.4. The van der Waals surface area contributed by atoms with Crippen LogP contribution in [0.3, 0.4) is 0 Å². The SMILES string of the molecule is CCOC(=O)[C@@H](C)Oc1c(C=Nn2c(C3CCCCC3)nc3ccccc3c2=O)cccc1OC. The Hall–Kier alpha value is -3.68. The Morgan fingerprint density at radius 2 is 1.94 bits per heavy atom. The summed E-state index contributed by atoms with van der Waals surface area (Å²) in [5.74, 6) is 1.16. The van der Waals surface area contributed by atoms with Gasteiger partial charge in [-0.3, -0.25) is 4.79 Å². The van der Waals surface area contributed by atoms with E-state index >= 15 is 0 Å². The van der Waals surface area contributed by atoms with Gasteiger partial charge in [0.15, 0.2) is 17.6 Å². The zero-order chi connectivity index (χ0) is 24.8. The van der Waals surface area contributed by atoms with Gasteiger partial charge in [0.2, 0.25) is 0 Å². The quantitative estimate of drug-likeness (QED) is 0.346. The molecule has 1 aromatic heterocycles. The van der Waals surface area contributed by atoms with Gasteiger partial charge in [-0.15, -0.1) is 0 Å². The second-order valence-corrected chi connectivity index (χ2v) is 8.57. The van der Waals surface area contributed by atoms with E-state index in [9.17, 15) is 9.59 Å². The summed E-state index contributed by atoms with van der Waals surface area (Å²) in [5.41, 5.74) is 1.03. The summed E-state index contributed by atoms with van der Waals surface area (Å²) in [6, 6.07) is 12.7. The minimum Gasteiger partial charge on any atom is -0.493 e. The second-order valence-electron chi connectivity index (χ2n) is 8.57. The molecule has 1 aliphatic rings. The van der Waals surface area contributed by atoms with Crippen LogP contribution in [-0.4, -0.2) is 41.7 Å². The molecule has 1 saturated carbocycles. The van der Waals surface area contributed by atoms with E-state index in [1.807, 2.05) is 18.2 Å². The topological polar surface area (TPSA) is 92.0 Å². The van der Waals surface area contributed by atoms with Gasteiger partial charge >= 0.3 is 5.97 Å². The van der Waals surface area contributed by atoms with Crippen LogP contribution >= 0.6 is 0 Å². The molecule has 184 valence electrons. The lowest BCUT2D eigenvalue weighted by Crippen LogP contribution is -2.27. The maximum absolute atomic E-state index is 13.5. The smallest absolute Gasteiger partial charge is 0.347 e. The van der Waals surface area contributed by atoms with Gasteiger partial charge < -0.3 is 14.2 Å². The van der Waals surface area contributed by atoms with Gasteiger partial charge in [-0.2, -0.15) is 9.78 Å². The molecule has 0 radical (unpaired) electrons. The van der Waals surface area contributed by atoms with Gasteiger partial charge in [0.25, 0.3) is 5.56 Å². The number of para-hydroxylation sites is 2. The number of benzene rings is 2. The molecule has 1 aliphatic carbocycles. The van der Waals surface area contributed by atoms with Crippen molar-refractivity contribution in [2.24, 2.45) is 5.10 Å². The van der Waals surface area contributed by atoms with Crippen molar-refractivity contribution in [1.29, 1.82) is 0 Å². The summed E-state index contributed by atoms with van der Waals surface area (Å²) in [6.07, 6.45) is 6.07. The van der Waals surface area contributed by atoms with E-state index in [1.54, 1.807) is 44.3 Å². The molecule has 1 atom stereocenters. The summed E-state index contributed by atoms with van der Waals surface area (Å²) in [7, 11) is 1.52. The molecule has 8 heteroatoms. The Bertz CT molecular complexity index is 1280. The van der Waals surface area contributed by atoms with Crippen molar-refractivity contribution >= 4 is 23.1 Å². The van der Waals surface area contributed by atoms with Crippen LogP contribution in [0.1, 0.15) is 63.3 Å². The van der Waals surface area contributed by atoms with Crippen LogP contribution < -0.4 is 15.0 Å². The molecule has 0 saturated heterocycles. The van der Waals surface area contributed by atoms with Crippen molar-refractivity contribution in [2.75, 3.05) is 13.7 Å². The lowest BCUT2D eigenvalue weighted by molar-refractivity contribution is -0.150. The van der Waals surface area contributed by atoms with E-state index < -0.39 is 12.1 Å². The van der Waals surface area contributed by atoms with E-state index in [0.717, 1.165) is 25.7 Å². The van der Waals surface area contributed by atoms with Crippen LogP contribution in [0, 0.1) is 0 Å². The number of carbonyl (C=O) groups is 1. The zero-order valence-electron chi connectivity index (χ0n) is 20.4. The monoisotopic (exact) mass is 477 g/mol. The van der Waals surface area contributed by atoms with Crippen molar-refractivity contribution in [1.82, 2.24) is 9.66 Å². The summed E-state index contributed by atoms with van der Waals surface area (Å²) >= 11 is 0. The first-order valence-electron chi connectivity index (χ1n) is 12.1. The third kappa shape index (κ3) is 5.37. The van der Waals surface area contributed by atoms with E-state index in [-0.39, 0.29) is 18.1 Å². The molecule has 0 spiro atoms. The largest absolute Gasteiger partial charge is 0.493 e. The molecule has 1 heterocycles. The lowest BCUT2D eigenvalue weighted by atomic mass is 9.88. The number of ether oxygens (including phenoxy) is 3. The fourth-order valence-electron chi connectivity index (χ4n) is 4.40. The standard InChI is InChI=1S/C27H31N3O5/c1-4-34-27(32)18(2)35-24-20(13-10-16-23(24)33-3)17-28-30-25(19-11-6-5-7-12-19)29-22-15-9-8-14-21(22)26(30)31/h8-10,13-19H,4-7,11-12H2,1-3H3/t18-/m1/s1. The molecule has 1 fully saturated rings. The van der Waals surface area contributed by atoms with Crippen molar-refractivity contribution in [3.8, 4) is 11.5 Å². The molecule has 0 aliphatic heterocycles. The summed E-state index contributed by atoms with van der Waals surface area (Å²) in [4.78, 5) is 30.5. The van der Waals surface area contributed by atoms with E-state index in [4.69, 9.17) is 19.2 Å². The van der Waals surface area contributed by atoms with Gasteiger partial charge in [0.1, 0.15) is 5.82 Å². The first-order valence-corrected chi connectivity index (χ1v) is 12.1. The highest BCUT2D eigenvalue weighted by molar-refractivity contribution is 5.86. The third-order valence-electron chi connectivity index (χ3n) is 6.20. The van der Waals surface area contributed by atoms with Crippen LogP contribution in [0.2, 0.25) is 0 Å². The minimum absolute atomic E-state index is 0.170. The number of fused-ring (bicyclic) bond motifs is 1. The fraction of sp³-hybridized carbons (Fsp3) is 0.407. The fourth-order valence-corrected chi connectivity index (χ4v) is 4.40. The number of hydrogen-bond acceptors (Lipinski definition) is 7. The number of carbonyl (C=O) groups excluding carboxylic acids is 1. The van der Waals surface area contributed by atoms with Crippen molar-refractivity contribution < 1.29 is 19.0 Å². The molecule has 0 N–H and O–H groups in total. The van der Waals surface area contributed by atoms with E-state index in [0.29, 0.717) is 33.8 Å². The van der Waals surface area contributed by atoms with Crippen LogP contribution in [-0.2, 0) is 9.53 Å². The third-order valence-corrected chi connectivity index (χ3v) is 6.20. The summed E-state index contributed by atoms with van der Waals surface area (Å²) in [6.45, 7) is 3.62. The molecule has 0 bridgehead atoms. The number of nitrogens with zero attached hydrogens (tertiary/aromatic N) is 3. The summed E-state index contributed by atoms with van der Waals surface area (Å²) < 4.78 is 17.9. The Morgan fingerprint density at radius 3 is 2.69 bits per heavy atom. The van der Waals surface area contributed by atoms with Crippen LogP contribution in [0.15, 0.2) is 52.4 Å². The van der Waals surface area contributed by atoms with Crippen molar-refractivity contribution in [2.45, 2.75) is 58.0 Å². The highest BCUT2D eigenvalue weighted by atomic mass is 16.6. The maximum atomic E-state index is 13.5. The number of methoxy groups -OCH3 is 1. The molecule has 35 heavy (non-hydrogen) atoms. The molecule has 2 aromatic carbocycles. The number of hydrogen-bond donors (Lipinski definition) is 0. The Kier molecular flexibility index (Phi) is 7.80. The highest BCUT2D eigenvalue weighted by Gasteiger charge is 2.23. The van der Waals surface area contributed by atoms with Crippen LogP contribution in [0.25, 0.3) is 10.9 Å². The van der Waals surface area contributed by atoms with Crippen LogP contribution in [0.4, 0.5) is 0 Å². The van der Waals surface area contributed by atoms with Gasteiger partial charge in [0.05, 0.1) is 30.8 Å². The summed E-state index contributed by atoms with van der Waals surface area (Å²) in [5, 5.41) is 5.11. The Morgan fingerprint density at radius 1 is 1.17 bits per heavy atom. The number of aromatic nitrogens is 2.